The highest BCUT2D eigenvalue weighted by atomic mass is 35.5. The molecule has 1 fully saturated rings. The first-order valence-electron chi connectivity index (χ1n) is 8.68. The molecule has 0 atom stereocenters. The standard InChI is InChI=1S/C18H26ClN3O2/c1-2-9-21-18(24)15-5-4-14(12-16(15)19)22-17(23)6-3-13-7-10-20-11-8-13/h4-5,12-13,20H,2-3,6-11H2,1H3,(H,21,24)(H,22,23). The molecule has 2 amide bonds. The molecule has 1 saturated heterocycles. The lowest BCUT2D eigenvalue weighted by atomic mass is 9.93. The van der Waals surface area contributed by atoms with Crippen LogP contribution < -0.4 is 16.0 Å². The van der Waals surface area contributed by atoms with Crippen molar-refractivity contribution in [3.05, 3.63) is 28.8 Å². The van der Waals surface area contributed by atoms with Gasteiger partial charge in [0, 0.05) is 18.7 Å². The molecular formula is C18H26ClN3O2. The summed E-state index contributed by atoms with van der Waals surface area (Å²) in [7, 11) is 0. The maximum absolute atomic E-state index is 12.1. The summed E-state index contributed by atoms with van der Waals surface area (Å²) < 4.78 is 0. The van der Waals surface area contributed by atoms with Gasteiger partial charge in [0.1, 0.15) is 0 Å². The molecule has 3 N–H and O–H groups in total. The number of carbonyl (C=O) groups excluding carboxylic acids is 2. The highest BCUT2D eigenvalue weighted by molar-refractivity contribution is 6.34. The minimum Gasteiger partial charge on any atom is -0.352 e. The molecule has 0 aromatic heterocycles. The van der Waals surface area contributed by atoms with Gasteiger partial charge in [-0.1, -0.05) is 18.5 Å². The number of nitrogens with one attached hydrogen (secondary N) is 3. The number of carbonyl (C=O) groups is 2. The fraction of sp³-hybridized carbons (Fsp3) is 0.556. The van der Waals surface area contributed by atoms with Crippen LogP contribution in [0, 0.1) is 5.92 Å². The molecule has 0 spiro atoms. The Hall–Kier alpha value is -1.59. The van der Waals surface area contributed by atoms with Gasteiger partial charge in [-0.15, -0.1) is 0 Å². The Morgan fingerprint density at radius 3 is 2.71 bits per heavy atom. The van der Waals surface area contributed by atoms with E-state index in [4.69, 9.17) is 11.6 Å². The maximum atomic E-state index is 12.1. The predicted molar refractivity (Wildman–Crippen MR) is 97.5 cm³/mol. The lowest BCUT2D eigenvalue weighted by Crippen LogP contribution is -2.28. The third-order valence-electron chi connectivity index (χ3n) is 4.27. The summed E-state index contributed by atoms with van der Waals surface area (Å²) in [5, 5.41) is 9.33. The van der Waals surface area contributed by atoms with E-state index in [1.165, 1.54) is 0 Å². The average molecular weight is 352 g/mol. The van der Waals surface area contributed by atoms with E-state index in [2.05, 4.69) is 16.0 Å². The van der Waals surface area contributed by atoms with Gasteiger partial charge in [-0.25, -0.2) is 0 Å². The zero-order chi connectivity index (χ0) is 17.4. The number of rotatable bonds is 7. The Labute approximate surface area is 148 Å². The van der Waals surface area contributed by atoms with Crippen LogP contribution in [-0.4, -0.2) is 31.4 Å². The molecule has 0 saturated carbocycles. The van der Waals surface area contributed by atoms with E-state index in [-0.39, 0.29) is 11.8 Å². The molecule has 0 unspecified atom stereocenters. The molecule has 132 valence electrons. The molecule has 0 bridgehead atoms. The lowest BCUT2D eigenvalue weighted by molar-refractivity contribution is -0.116. The summed E-state index contributed by atoms with van der Waals surface area (Å²) in [5.41, 5.74) is 1.06. The topological polar surface area (TPSA) is 70.2 Å². The van der Waals surface area contributed by atoms with Crippen molar-refractivity contribution in [2.75, 3.05) is 25.0 Å². The summed E-state index contributed by atoms with van der Waals surface area (Å²) in [6.45, 7) is 4.70. The molecule has 1 heterocycles. The van der Waals surface area contributed by atoms with E-state index in [0.29, 0.717) is 35.2 Å². The second-order valence-electron chi connectivity index (χ2n) is 6.23. The SMILES string of the molecule is CCCNC(=O)c1ccc(NC(=O)CCC2CCNCC2)cc1Cl. The van der Waals surface area contributed by atoms with Crippen LogP contribution in [0.2, 0.25) is 5.02 Å². The van der Waals surface area contributed by atoms with Gasteiger partial charge in [0.05, 0.1) is 10.6 Å². The van der Waals surface area contributed by atoms with Crippen molar-refractivity contribution in [3.63, 3.8) is 0 Å². The van der Waals surface area contributed by atoms with E-state index in [1.54, 1.807) is 18.2 Å². The molecule has 0 radical (unpaired) electrons. The van der Waals surface area contributed by atoms with Crippen LogP contribution in [0.3, 0.4) is 0 Å². The molecule has 24 heavy (non-hydrogen) atoms. The van der Waals surface area contributed by atoms with Gasteiger partial charge in [-0.05, 0) is 62.9 Å². The van der Waals surface area contributed by atoms with Crippen molar-refractivity contribution >= 4 is 29.1 Å². The monoisotopic (exact) mass is 351 g/mol. The number of hydrogen-bond donors (Lipinski definition) is 3. The van der Waals surface area contributed by atoms with Gasteiger partial charge in [0.2, 0.25) is 5.91 Å². The van der Waals surface area contributed by atoms with Crippen LogP contribution in [0.1, 0.15) is 49.4 Å². The predicted octanol–water partition coefficient (Wildman–Crippen LogP) is 3.20. The minimum atomic E-state index is -0.189. The highest BCUT2D eigenvalue weighted by Gasteiger charge is 2.15. The van der Waals surface area contributed by atoms with Gasteiger partial charge >= 0.3 is 0 Å². The quantitative estimate of drug-likeness (QED) is 0.706. The van der Waals surface area contributed by atoms with E-state index >= 15 is 0 Å². The van der Waals surface area contributed by atoms with Crippen LogP contribution in [0.25, 0.3) is 0 Å². The number of amides is 2. The van der Waals surface area contributed by atoms with E-state index in [0.717, 1.165) is 38.8 Å². The molecule has 2 rings (SSSR count). The number of benzene rings is 1. The number of hydrogen-bond acceptors (Lipinski definition) is 3. The Morgan fingerprint density at radius 2 is 2.04 bits per heavy atom. The van der Waals surface area contributed by atoms with Crippen molar-refractivity contribution in [1.82, 2.24) is 10.6 Å². The van der Waals surface area contributed by atoms with Crippen molar-refractivity contribution in [2.45, 2.75) is 39.0 Å². The number of halogens is 1. The molecule has 1 aromatic carbocycles. The molecule has 1 aromatic rings. The van der Waals surface area contributed by atoms with Crippen LogP contribution in [0.4, 0.5) is 5.69 Å². The molecule has 1 aliphatic heterocycles. The van der Waals surface area contributed by atoms with Gasteiger partial charge in [0.15, 0.2) is 0 Å². The molecular weight excluding hydrogens is 326 g/mol. The summed E-state index contributed by atoms with van der Waals surface area (Å²) >= 11 is 6.17. The van der Waals surface area contributed by atoms with Gasteiger partial charge < -0.3 is 16.0 Å². The summed E-state index contributed by atoms with van der Waals surface area (Å²) in [5.74, 6) is 0.434. The fourth-order valence-electron chi connectivity index (χ4n) is 2.84. The lowest BCUT2D eigenvalue weighted by Gasteiger charge is -2.22. The van der Waals surface area contributed by atoms with E-state index in [9.17, 15) is 9.59 Å². The second-order valence-corrected chi connectivity index (χ2v) is 6.64. The zero-order valence-corrected chi connectivity index (χ0v) is 14.9. The first-order valence-corrected chi connectivity index (χ1v) is 9.06. The average Bonchev–Trinajstić information content (AvgIpc) is 2.59. The Balaban J connectivity index is 1.84. The van der Waals surface area contributed by atoms with Crippen LogP contribution in [0.15, 0.2) is 18.2 Å². The van der Waals surface area contributed by atoms with E-state index < -0.39 is 0 Å². The van der Waals surface area contributed by atoms with Gasteiger partial charge in [0.25, 0.3) is 5.91 Å². The fourth-order valence-corrected chi connectivity index (χ4v) is 3.11. The highest BCUT2D eigenvalue weighted by Crippen LogP contribution is 2.22. The van der Waals surface area contributed by atoms with Crippen LogP contribution >= 0.6 is 11.6 Å². The Bertz CT molecular complexity index is 571. The van der Waals surface area contributed by atoms with E-state index in [1.807, 2.05) is 6.92 Å². The normalized spacial score (nSPS) is 15.1. The first kappa shape index (κ1) is 18.7. The Kier molecular flexibility index (Phi) is 7.53. The third-order valence-corrected chi connectivity index (χ3v) is 4.58. The van der Waals surface area contributed by atoms with Crippen molar-refractivity contribution in [1.29, 1.82) is 0 Å². The summed E-state index contributed by atoms with van der Waals surface area (Å²) in [6.07, 6.45) is 4.58. The summed E-state index contributed by atoms with van der Waals surface area (Å²) in [4.78, 5) is 24.0. The van der Waals surface area contributed by atoms with Crippen LogP contribution in [-0.2, 0) is 4.79 Å². The number of piperidine rings is 1. The number of anilines is 1. The van der Waals surface area contributed by atoms with Crippen molar-refractivity contribution in [3.8, 4) is 0 Å². The molecule has 6 heteroatoms. The first-order chi connectivity index (χ1) is 11.6. The van der Waals surface area contributed by atoms with Crippen LogP contribution in [0.5, 0.6) is 0 Å². The largest absolute Gasteiger partial charge is 0.352 e. The zero-order valence-electron chi connectivity index (χ0n) is 14.2. The molecule has 5 nitrogen and oxygen atoms in total. The third kappa shape index (κ3) is 5.80. The van der Waals surface area contributed by atoms with Crippen molar-refractivity contribution < 1.29 is 9.59 Å². The summed E-state index contributed by atoms with van der Waals surface area (Å²) in [6, 6.07) is 5.00. The molecule has 1 aliphatic rings. The smallest absolute Gasteiger partial charge is 0.252 e. The maximum Gasteiger partial charge on any atom is 0.252 e. The van der Waals surface area contributed by atoms with Crippen molar-refractivity contribution in [2.24, 2.45) is 5.92 Å². The van der Waals surface area contributed by atoms with Gasteiger partial charge in [-0.2, -0.15) is 0 Å². The molecule has 0 aliphatic carbocycles. The minimum absolute atomic E-state index is 0.00668. The van der Waals surface area contributed by atoms with Gasteiger partial charge in [-0.3, -0.25) is 9.59 Å². The second kappa shape index (κ2) is 9.64. The Morgan fingerprint density at radius 1 is 1.29 bits per heavy atom.